The third-order valence-electron chi connectivity index (χ3n) is 2.43. The average molecular weight is 361 g/mol. The predicted octanol–water partition coefficient (Wildman–Crippen LogP) is 4.30. The molecule has 7 heteroatoms. The zero-order valence-corrected chi connectivity index (χ0v) is 13.5. The Bertz CT molecular complexity index is 746. The maximum Gasteiger partial charge on any atom is 0.258 e. The number of hydrogen-bond donors (Lipinski definition) is 2. The fraction of sp³-hybridized carbons (Fsp3) is 0.0714. The molecule has 2 aromatic rings. The molecule has 0 radical (unpaired) electrons. The molecule has 0 fully saturated rings. The lowest BCUT2D eigenvalue weighted by molar-refractivity contribution is 0.102. The molecule has 1 heterocycles. The predicted molar refractivity (Wildman–Crippen MR) is 87.7 cm³/mol. The van der Waals surface area contributed by atoms with Gasteiger partial charge in [0.1, 0.15) is 10.9 Å². The molecule has 2 rings (SSSR count). The highest BCUT2D eigenvalue weighted by molar-refractivity contribution is 7.20. The Kier molecular flexibility index (Phi) is 5.51. The third kappa shape index (κ3) is 4.13. The van der Waals surface area contributed by atoms with Crippen molar-refractivity contribution < 1.29 is 9.90 Å². The summed E-state index contributed by atoms with van der Waals surface area (Å²) >= 11 is 18.9. The van der Waals surface area contributed by atoms with Crippen LogP contribution in [0.3, 0.4) is 0 Å². The van der Waals surface area contributed by atoms with E-state index in [-0.39, 0.29) is 12.2 Å². The smallest absolute Gasteiger partial charge is 0.258 e. The van der Waals surface area contributed by atoms with Crippen LogP contribution in [-0.4, -0.2) is 17.6 Å². The Morgan fingerprint density at radius 2 is 2.05 bits per heavy atom. The van der Waals surface area contributed by atoms with E-state index in [1.165, 1.54) is 6.07 Å². The molecule has 0 saturated carbocycles. The van der Waals surface area contributed by atoms with Gasteiger partial charge in [-0.15, -0.1) is 11.3 Å². The molecule has 0 saturated heterocycles. The molecule has 0 aliphatic heterocycles. The molecule has 3 nitrogen and oxygen atoms in total. The first kappa shape index (κ1) is 16.2. The molecule has 0 spiro atoms. The second-order valence-electron chi connectivity index (χ2n) is 3.85. The molecule has 0 atom stereocenters. The van der Waals surface area contributed by atoms with Crippen molar-refractivity contribution >= 4 is 57.7 Å². The lowest BCUT2D eigenvalue weighted by Gasteiger charge is -2.07. The maximum atomic E-state index is 12.1. The molecule has 1 amide bonds. The number of hydrogen-bond acceptors (Lipinski definition) is 3. The molecule has 0 aliphatic carbocycles. The van der Waals surface area contributed by atoms with Gasteiger partial charge in [-0.05, 0) is 24.3 Å². The SMILES string of the molecule is O=C(Nc1cc(C#CCO)ccc1Cl)c1cc(Cl)sc1Cl. The van der Waals surface area contributed by atoms with Crippen LogP contribution in [0.25, 0.3) is 0 Å². The molecule has 0 unspecified atom stereocenters. The summed E-state index contributed by atoms with van der Waals surface area (Å²) < 4.78 is 0.739. The summed E-state index contributed by atoms with van der Waals surface area (Å²) in [5.74, 6) is 4.85. The topological polar surface area (TPSA) is 49.3 Å². The zero-order valence-electron chi connectivity index (χ0n) is 10.4. The van der Waals surface area contributed by atoms with E-state index in [1.54, 1.807) is 18.2 Å². The maximum absolute atomic E-state index is 12.1. The number of nitrogens with one attached hydrogen (secondary N) is 1. The van der Waals surface area contributed by atoms with Gasteiger partial charge in [-0.3, -0.25) is 4.79 Å². The van der Waals surface area contributed by atoms with E-state index in [0.717, 1.165) is 11.3 Å². The highest BCUT2D eigenvalue weighted by Gasteiger charge is 2.15. The van der Waals surface area contributed by atoms with Gasteiger partial charge < -0.3 is 10.4 Å². The molecular weight excluding hydrogens is 353 g/mol. The minimum Gasteiger partial charge on any atom is -0.384 e. The summed E-state index contributed by atoms with van der Waals surface area (Å²) in [5, 5.41) is 11.7. The normalized spacial score (nSPS) is 9.90. The van der Waals surface area contributed by atoms with Crippen LogP contribution < -0.4 is 5.32 Å². The van der Waals surface area contributed by atoms with Gasteiger partial charge in [0, 0.05) is 5.56 Å². The van der Waals surface area contributed by atoms with Gasteiger partial charge in [0.05, 0.1) is 20.6 Å². The molecule has 2 N–H and O–H groups in total. The van der Waals surface area contributed by atoms with Crippen LogP contribution in [-0.2, 0) is 0 Å². The number of aliphatic hydroxyl groups is 1. The van der Waals surface area contributed by atoms with Crippen LogP contribution in [0, 0.1) is 11.8 Å². The van der Waals surface area contributed by atoms with E-state index in [4.69, 9.17) is 39.9 Å². The number of amides is 1. The van der Waals surface area contributed by atoms with E-state index in [2.05, 4.69) is 17.2 Å². The van der Waals surface area contributed by atoms with Gasteiger partial charge in [-0.25, -0.2) is 0 Å². The number of aliphatic hydroxyl groups excluding tert-OH is 1. The number of thiophene rings is 1. The third-order valence-corrected chi connectivity index (χ3v) is 4.24. The Labute approximate surface area is 140 Å². The van der Waals surface area contributed by atoms with Gasteiger partial charge in [-0.1, -0.05) is 46.6 Å². The summed E-state index contributed by atoms with van der Waals surface area (Å²) in [6.07, 6.45) is 0. The van der Waals surface area contributed by atoms with Crippen molar-refractivity contribution in [2.45, 2.75) is 0 Å². The summed E-state index contributed by atoms with van der Waals surface area (Å²) in [6.45, 7) is -0.243. The van der Waals surface area contributed by atoms with Crippen molar-refractivity contribution in [2.24, 2.45) is 0 Å². The molecule has 1 aromatic heterocycles. The number of carbonyl (C=O) groups excluding carboxylic acids is 1. The van der Waals surface area contributed by atoms with Gasteiger partial charge in [0.25, 0.3) is 5.91 Å². The van der Waals surface area contributed by atoms with Crippen LogP contribution in [0.2, 0.25) is 13.7 Å². The zero-order chi connectivity index (χ0) is 15.4. The van der Waals surface area contributed by atoms with Gasteiger partial charge in [-0.2, -0.15) is 0 Å². The molecule has 0 bridgehead atoms. The van der Waals surface area contributed by atoms with Crippen molar-refractivity contribution in [1.82, 2.24) is 0 Å². The number of rotatable bonds is 2. The molecule has 108 valence electrons. The van der Waals surface area contributed by atoms with E-state index < -0.39 is 5.91 Å². The Morgan fingerprint density at radius 1 is 1.29 bits per heavy atom. The Morgan fingerprint density at radius 3 is 2.67 bits per heavy atom. The van der Waals surface area contributed by atoms with Crippen molar-refractivity contribution in [3.05, 3.63) is 49.1 Å². The summed E-state index contributed by atoms with van der Waals surface area (Å²) in [5.41, 5.74) is 1.32. The van der Waals surface area contributed by atoms with Crippen LogP contribution >= 0.6 is 46.1 Å². The second-order valence-corrected chi connectivity index (χ2v) is 6.54. The van der Waals surface area contributed by atoms with E-state index in [9.17, 15) is 4.79 Å². The van der Waals surface area contributed by atoms with Gasteiger partial charge >= 0.3 is 0 Å². The Hall–Kier alpha value is -1.22. The van der Waals surface area contributed by atoms with Crippen LogP contribution in [0.1, 0.15) is 15.9 Å². The largest absolute Gasteiger partial charge is 0.384 e. The minimum atomic E-state index is -0.405. The van der Waals surface area contributed by atoms with E-state index >= 15 is 0 Å². The number of carbonyl (C=O) groups is 1. The number of benzene rings is 1. The summed E-state index contributed by atoms with van der Waals surface area (Å²) in [6, 6.07) is 6.41. The summed E-state index contributed by atoms with van der Waals surface area (Å²) in [7, 11) is 0. The first-order valence-corrected chi connectivity index (χ1v) is 7.61. The second kappa shape index (κ2) is 7.17. The van der Waals surface area contributed by atoms with E-state index in [1.807, 2.05) is 0 Å². The highest BCUT2D eigenvalue weighted by atomic mass is 35.5. The fourth-order valence-electron chi connectivity index (χ4n) is 1.53. The fourth-order valence-corrected chi connectivity index (χ4v) is 3.15. The standard InChI is InChI=1S/C14H8Cl3NO2S/c15-10-4-3-8(2-1-5-19)6-11(10)18-14(20)9-7-12(16)21-13(9)17/h3-4,6-7,19H,5H2,(H,18,20). The quantitative estimate of drug-likeness (QED) is 0.784. The minimum absolute atomic E-state index is 0.243. The van der Waals surface area contributed by atoms with Crippen molar-refractivity contribution in [3.63, 3.8) is 0 Å². The molecule has 0 aliphatic rings. The van der Waals surface area contributed by atoms with Crippen LogP contribution in [0.5, 0.6) is 0 Å². The highest BCUT2D eigenvalue weighted by Crippen LogP contribution is 2.32. The average Bonchev–Trinajstić information content (AvgIpc) is 2.78. The van der Waals surface area contributed by atoms with Crippen molar-refractivity contribution in [2.75, 3.05) is 11.9 Å². The van der Waals surface area contributed by atoms with Gasteiger partial charge in [0.15, 0.2) is 0 Å². The first-order chi connectivity index (χ1) is 10.0. The monoisotopic (exact) mass is 359 g/mol. The number of anilines is 1. The first-order valence-electron chi connectivity index (χ1n) is 5.66. The molecular formula is C14H8Cl3NO2S. The van der Waals surface area contributed by atoms with Crippen molar-refractivity contribution in [3.8, 4) is 11.8 Å². The van der Waals surface area contributed by atoms with E-state index in [0.29, 0.717) is 24.9 Å². The van der Waals surface area contributed by atoms with Crippen LogP contribution in [0.4, 0.5) is 5.69 Å². The number of halogens is 3. The summed E-state index contributed by atoms with van der Waals surface area (Å²) in [4.78, 5) is 12.1. The Balaban J connectivity index is 2.26. The lowest BCUT2D eigenvalue weighted by Crippen LogP contribution is -2.11. The van der Waals surface area contributed by atoms with Gasteiger partial charge in [0.2, 0.25) is 0 Å². The molecule has 1 aromatic carbocycles. The van der Waals surface area contributed by atoms with Crippen molar-refractivity contribution in [1.29, 1.82) is 0 Å². The molecule has 21 heavy (non-hydrogen) atoms. The van der Waals surface area contributed by atoms with Crippen LogP contribution in [0.15, 0.2) is 24.3 Å². The lowest BCUT2D eigenvalue weighted by atomic mass is 10.2.